The number of para-hydroxylation sites is 5. The molecule has 0 saturated heterocycles. The summed E-state index contributed by atoms with van der Waals surface area (Å²) in [6, 6.07) is 129. The smallest absolute Gasteiger partial charge is 0.0622 e. The summed E-state index contributed by atoms with van der Waals surface area (Å²) in [5.41, 5.74) is 27.9. The third kappa shape index (κ3) is 10.1. The number of aryl methyl sites for hydroxylation is 1. The number of nitrogens with zero attached hydrogens (tertiary/aromatic N) is 5. The van der Waals surface area contributed by atoms with Gasteiger partial charge in [-0.15, -0.1) is 0 Å². The van der Waals surface area contributed by atoms with Crippen LogP contribution in [0.25, 0.3) is 89.2 Å². The van der Waals surface area contributed by atoms with Gasteiger partial charge in [0.05, 0.1) is 11.4 Å². The maximum atomic E-state index is 7.36. The first-order valence-corrected chi connectivity index (χ1v) is 34.7. The SMILES string of the molecule is Cc1cc(N2c3ccccc3C3(c4ccc(-c5ccccc5)cc4N(c4ccccc4)c4cc(-c5ccccc5)ccc43)c3ccc(Oc4cccc(-n5[c](=[Pt])n(-c6c(-c7ccccc7)cccc6-c6ccccc6)c6ccccc65)c4)cc32)ncc1-c1ccc(-c2ccccc2)cc1. The van der Waals surface area contributed by atoms with E-state index in [1.54, 1.807) is 0 Å². The van der Waals surface area contributed by atoms with Crippen molar-refractivity contribution in [1.29, 1.82) is 0 Å². The monoisotopic (exact) mass is 1450 g/mol. The van der Waals surface area contributed by atoms with Crippen molar-refractivity contribution in [2.75, 3.05) is 9.80 Å². The Labute approximate surface area is 586 Å². The first-order chi connectivity index (χ1) is 48.9. The second-order valence-electron chi connectivity index (χ2n) is 25.4. The second-order valence-corrected chi connectivity index (χ2v) is 26.4. The van der Waals surface area contributed by atoms with Crippen LogP contribution in [0, 0.1) is 10.7 Å². The number of ether oxygens (including phenoxy) is 1. The minimum absolute atomic E-state index is 0.685. The van der Waals surface area contributed by atoms with Crippen molar-refractivity contribution in [2.45, 2.75) is 12.3 Å². The number of benzene rings is 14. The van der Waals surface area contributed by atoms with Gasteiger partial charge in [0.15, 0.2) is 0 Å². The van der Waals surface area contributed by atoms with Crippen molar-refractivity contribution in [2.24, 2.45) is 0 Å². The Kier molecular flexibility index (Phi) is 14.8. The predicted molar refractivity (Wildman–Crippen MR) is 402 cm³/mol. The fourth-order valence-corrected chi connectivity index (χ4v) is 16.4. The number of hydrogen-bond donors (Lipinski definition) is 0. The molecular formula is C92H63N5OPt. The van der Waals surface area contributed by atoms with E-state index in [9.17, 15) is 0 Å². The molecule has 6 nitrogen and oxygen atoms in total. The van der Waals surface area contributed by atoms with E-state index in [1.807, 2.05) is 0 Å². The van der Waals surface area contributed by atoms with Gasteiger partial charge in [-0.25, -0.2) is 0 Å². The minimum Gasteiger partial charge on any atom is -0.0622 e. The Balaban J connectivity index is 0.836. The quantitative estimate of drug-likeness (QED) is 0.122. The number of anilines is 6. The molecular weight excluding hydrogens is 1390 g/mol. The van der Waals surface area contributed by atoms with Gasteiger partial charge in [0.25, 0.3) is 0 Å². The average molecular weight is 1450 g/mol. The zero-order chi connectivity index (χ0) is 66.0. The van der Waals surface area contributed by atoms with E-state index in [4.69, 9.17) is 9.72 Å². The molecule has 99 heavy (non-hydrogen) atoms. The standard InChI is InChI=1S/C92H63N5O.Pt/c1-63-56-90(93-61-79(63)70-48-46-67(47-49-70)64-26-8-2-9-27-64)97-84-43-21-20-42-80(84)92(81-53-50-71(65-28-10-3-11-29-65)57-87(81)96(73-36-18-7-19-37-73)88-58-72(51-54-82(88)92)66-30-12-4-13-31-66)83-55-52-76(60-89(83)97)98-75-39-24-38-74(59-75)94-62-95(86-45-23-22-44-85(86)94)91-77(68-32-14-5-15-33-68)40-25-41-78(91)69-34-16-6-17-35-69;/h2-61H,1H3;. The van der Waals surface area contributed by atoms with Crippen LogP contribution in [0.4, 0.5) is 34.3 Å². The van der Waals surface area contributed by atoms with Crippen molar-refractivity contribution >= 4 is 45.3 Å². The van der Waals surface area contributed by atoms with Crippen LogP contribution >= 0.6 is 0 Å². The normalized spacial score (nSPS) is 12.6. The number of fused-ring (bicyclic) bond motifs is 9. The van der Waals surface area contributed by atoms with Crippen LogP contribution in [-0.2, 0) is 24.8 Å². The van der Waals surface area contributed by atoms with Crippen molar-refractivity contribution in [3.8, 4) is 89.6 Å². The Morgan fingerprint density at radius 3 is 1.29 bits per heavy atom. The van der Waals surface area contributed by atoms with E-state index in [0.717, 1.165) is 144 Å². The predicted octanol–water partition coefficient (Wildman–Crippen LogP) is 23.9. The molecule has 0 bridgehead atoms. The summed E-state index contributed by atoms with van der Waals surface area (Å²) >= 11 is 2.53. The molecule has 472 valence electrons. The molecule has 0 amide bonds. The van der Waals surface area contributed by atoms with E-state index in [0.29, 0.717) is 11.5 Å². The minimum atomic E-state index is -0.877. The van der Waals surface area contributed by atoms with Crippen LogP contribution in [0.15, 0.2) is 364 Å². The van der Waals surface area contributed by atoms with E-state index in [1.165, 1.54) is 11.1 Å². The molecule has 0 atom stereocenters. The molecule has 2 aliphatic heterocycles. The van der Waals surface area contributed by atoms with Crippen molar-refractivity contribution in [3.05, 3.63) is 396 Å². The fourth-order valence-electron chi connectivity index (χ4n) is 15.3. The van der Waals surface area contributed by atoms with Crippen molar-refractivity contribution in [3.63, 3.8) is 0 Å². The van der Waals surface area contributed by atoms with Gasteiger partial charge in [-0.05, 0) is 75.7 Å². The van der Waals surface area contributed by atoms with Crippen LogP contribution in [0.5, 0.6) is 11.5 Å². The van der Waals surface area contributed by atoms with Crippen LogP contribution in [0.3, 0.4) is 0 Å². The van der Waals surface area contributed by atoms with Gasteiger partial charge in [0.1, 0.15) is 0 Å². The van der Waals surface area contributed by atoms with E-state index in [-0.39, 0.29) is 0 Å². The van der Waals surface area contributed by atoms with Gasteiger partial charge in [0, 0.05) is 17.4 Å². The molecule has 0 fully saturated rings. The molecule has 0 N–H and O–H groups in total. The van der Waals surface area contributed by atoms with Crippen LogP contribution in [0.2, 0.25) is 0 Å². The molecule has 7 heteroatoms. The second kappa shape index (κ2) is 24.8. The Bertz CT molecular complexity index is 5650. The van der Waals surface area contributed by atoms with E-state index in [2.05, 4.69) is 409 Å². The molecule has 18 rings (SSSR count). The first kappa shape index (κ1) is 59.3. The summed E-state index contributed by atoms with van der Waals surface area (Å²) in [5.74, 6) is 2.18. The Hall–Kier alpha value is -12.2. The number of imidazole rings is 1. The van der Waals surface area contributed by atoms with Gasteiger partial charge in [0.2, 0.25) is 0 Å². The van der Waals surface area contributed by atoms with Gasteiger partial charge in [-0.1, -0.05) is 176 Å². The number of rotatable bonds is 12. The van der Waals surface area contributed by atoms with Crippen LogP contribution < -0.4 is 14.5 Å². The molecule has 0 aliphatic carbocycles. The zero-order valence-electron chi connectivity index (χ0n) is 54.1. The van der Waals surface area contributed by atoms with Crippen LogP contribution in [0.1, 0.15) is 27.8 Å². The summed E-state index contributed by atoms with van der Waals surface area (Å²) in [5, 5.41) is 0. The van der Waals surface area contributed by atoms with E-state index < -0.39 is 5.41 Å². The summed E-state index contributed by atoms with van der Waals surface area (Å²) < 4.78 is 13.2. The zero-order valence-corrected chi connectivity index (χ0v) is 56.4. The third-order valence-electron chi connectivity index (χ3n) is 19.8. The molecule has 0 saturated carbocycles. The topological polar surface area (TPSA) is 38.5 Å². The number of aromatic nitrogens is 3. The molecule has 2 aliphatic rings. The summed E-state index contributed by atoms with van der Waals surface area (Å²) in [6.45, 7) is 2.21. The van der Waals surface area contributed by atoms with Gasteiger partial charge in [-0.3, -0.25) is 0 Å². The van der Waals surface area contributed by atoms with Gasteiger partial charge >= 0.3 is 306 Å². The van der Waals surface area contributed by atoms with Crippen molar-refractivity contribution < 1.29 is 24.1 Å². The summed E-state index contributed by atoms with van der Waals surface area (Å²) in [7, 11) is 0. The van der Waals surface area contributed by atoms with Crippen molar-refractivity contribution in [1.82, 2.24) is 14.1 Å². The Morgan fingerprint density at radius 2 is 0.717 bits per heavy atom. The number of pyridine rings is 1. The molecule has 16 aromatic rings. The molecule has 4 heterocycles. The van der Waals surface area contributed by atoms with Gasteiger partial charge < -0.3 is 4.90 Å². The third-order valence-corrected chi connectivity index (χ3v) is 20.8. The maximum absolute atomic E-state index is 7.36. The Morgan fingerprint density at radius 1 is 0.303 bits per heavy atom. The molecule has 0 unspecified atom stereocenters. The molecule has 2 aromatic heterocycles. The van der Waals surface area contributed by atoms with Gasteiger partial charge in [-0.2, -0.15) is 0 Å². The average Bonchev–Trinajstić information content (AvgIpc) is 1.02. The molecule has 0 radical (unpaired) electrons. The van der Waals surface area contributed by atoms with Crippen LogP contribution in [-0.4, -0.2) is 14.1 Å². The fraction of sp³-hybridized carbons (Fsp3) is 0.0217. The first-order valence-electron chi connectivity index (χ1n) is 33.6. The molecule has 14 aromatic carbocycles. The summed E-state index contributed by atoms with van der Waals surface area (Å²) in [4.78, 5) is 10.4. The van der Waals surface area contributed by atoms with E-state index >= 15 is 0 Å². The summed E-state index contributed by atoms with van der Waals surface area (Å²) in [6.07, 6.45) is 2.05. The molecule has 1 spiro atoms. The number of hydrogen-bond acceptors (Lipinski definition) is 4.